The maximum Gasteiger partial charge on any atom is 0.359 e. The molecule has 1 rings (SSSR count). The molecule has 0 aliphatic heterocycles. The summed E-state index contributed by atoms with van der Waals surface area (Å²) in [7, 11) is 0. The quantitative estimate of drug-likeness (QED) is 0.798. The number of ether oxygens (including phenoxy) is 2. The Kier molecular flexibility index (Phi) is 4.91. The fourth-order valence-electron chi connectivity index (χ4n) is 1.53. The molecule has 0 radical (unpaired) electrons. The predicted octanol–water partition coefficient (Wildman–Crippen LogP) is 0.902. The van der Waals surface area contributed by atoms with E-state index in [0.717, 1.165) is 0 Å². The summed E-state index contributed by atoms with van der Waals surface area (Å²) < 4.78 is 11.2. The molecule has 0 bridgehead atoms. The number of aryl methyl sites for hydroxylation is 2. The van der Waals surface area contributed by atoms with E-state index < -0.39 is 18.5 Å². The smallest absolute Gasteiger partial charge is 0.359 e. The van der Waals surface area contributed by atoms with Crippen LogP contribution < -0.4 is 5.73 Å². The van der Waals surface area contributed by atoms with Crippen molar-refractivity contribution in [1.29, 1.82) is 0 Å². The molecular formula is C12H19N3O4. The summed E-state index contributed by atoms with van der Waals surface area (Å²) >= 11 is 0. The van der Waals surface area contributed by atoms with E-state index in [1.54, 1.807) is 20.8 Å². The zero-order chi connectivity index (χ0) is 14.6. The van der Waals surface area contributed by atoms with Crippen LogP contribution >= 0.6 is 0 Å². The number of nitrogen functional groups attached to an aromatic ring is 1. The number of rotatable bonds is 5. The Bertz CT molecular complexity index is 480. The minimum atomic E-state index is -0.680. The molecule has 1 aromatic heterocycles. The van der Waals surface area contributed by atoms with Gasteiger partial charge in [0.05, 0.1) is 17.5 Å². The monoisotopic (exact) mass is 269 g/mol. The lowest BCUT2D eigenvalue weighted by molar-refractivity contribution is -0.151. The van der Waals surface area contributed by atoms with Crippen molar-refractivity contribution in [3.63, 3.8) is 0 Å². The molecule has 2 N–H and O–H groups in total. The first-order valence-electron chi connectivity index (χ1n) is 6.06. The van der Waals surface area contributed by atoms with Crippen LogP contribution in [0.25, 0.3) is 0 Å². The molecular weight excluding hydrogens is 250 g/mol. The zero-order valence-electron chi connectivity index (χ0n) is 11.6. The third-order valence-electron chi connectivity index (χ3n) is 2.35. The number of hydrogen-bond donors (Lipinski definition) is 1. The van der Waals surface area contributed by atoms with Crippen molar-refractivity contribution >= 4 is 17.6 Å². The maximum absolute atomic E-state index is 11.9. The predicted molar refractivity (Wildman–Crippen MR) is 68.6 cm³/mol. The molecule has 7 heteroatoms. The van der Waals surface area contributed by atoms with E-state index in [4.69, 9.17) is 15.2 Å². The normalized spacial score (nSPS) is 10.6. The molecule has 0 saturated carbocycles. The highest BCUT2D eigenvalue weighted by molar-refractivity contribution is 5.94. The number of carbonyl (C=O) groups excluding carboxylic acids is 2. The summed E-state index contributed by atoms with van der Waals surface area (Å²) in [4.78, 5) is 23.2. The number of carbonyl (C=O) groups is 2. The molecule has 0 unspecified atom stereocenters. The number of aromatic nitrogens is 2. The van der Waals surface area contributed by atoms with Gasteiger partial charge in [0.25, 0.3) is 0 Å². The van der Waals surface area contributed by atoms with Gasteiger partial charge in [-0.15, -0.1) is 0 Å². The van der Waals surface area contributed by atoms with E-state index in [0.29, 0.717) is 12.2 Å². The fourth-order valence-corrected chi connectivity index (χ4v) is 1.53. The Hall–Kier alpha value is -2.05. The summed E-state index contributed by atoms with van der Waals surface area (Å²) in [5, 5.41) is 4.10. The Morgan fingerprint density at radius 3 is 2.58 bits per heavy atom. The molecule has 106 valence electrons. The van der Waals surface area contributed by atoms with Crippen LogP contribution in [0.2, 0.25) is 0 Å². The van der Waals surface area contributed by atoms with Gasteiger partial charge in [-0.1, -0.05) is 0 Å². The summed E-state index contributed by atoms with van der Waals surface area (Å²) in [6.45, 7) is 7.00. The summed E-state index contributed by atoms with van der Waals surface area (Å²) in [5.41, 5.74) is 6.75. The standard InChI is InChI=1S/C12H19N3O4/c1-5-15-11(10(13)8(4)14-15)12(17)18-6-9(16)19-7(2)3/h7H,5-6,13H2,1-4H3. The van der Waals surface area contributed by atoms with Crippen molar-refractivity contribution in [2.45, 2.75) is 40.3 Å². The second kappa shape index (κ2) is 6.21. The van der Waals surface area contributed by atoms with Crippen molar-refractivity contribution in [2.24, 2.45) is 0 Å². The number of nitrogens with zero attached hydrogens (tertiary/aromatic N) is 2. The van der Waals surface area contributed by atoms with Crippen LogP contribution in [0.3, 0.4) is 0 Å². The molecule has 7 nitrogen and oxygen atoms in total. The molecule has 0 aliphatic carbocycles. The minimum Gasteiger partial charge on any atom is -0.460 e. The summed E-state index contributed by atoms with van der Waals surface area (Å²) in [5.74, 6) is -1.28. The van der Waals surface area contributed by atoms with Gasteiger partial charge in [-0.25, -0.2) is 9.59 Å². The van der Waals surface area contributed by atoms with Gasteiger partial charge in [0.15, 0.2) is 12.3 Å². The Morgan fingerprint density at radius 2 is 2.05 bits per heavy atom. The van der Waals surface area contributed by atoms with Crippen LogP contribution in [-0.4, -0.2) is 34.4 Å². The van der Waals surface area contributed by atoms with Gasteiger partial charge in [0, 0.05) is 6.54 Å². The van der Waals surface area contributed by atoms with E-state index in [-0.39, 0.29) is 17.5 Å². The first-order valence-corrected chi connectivity index (χ1v) is 6.06. The van der Waals surface area contributed by atoms with Gasteiger partial charge in [0.2, 0.25) is 0 Å². The average Bonchev–Trinajstić information content (AvgIpc) is 2.61. The van der Waals surface area contributed by atoms with Crippen molar-refractivity contribution in [3.05, 3.63) is 11.4 Å². The third kappa shape index (κ3) is 3.70. The zero-order valence-corrected chi connectivity index (χ0v) is 11.6. The van der Waals surface area contributed by atoms with E-state index >= 15 is 0 Å². The van der Waals surface area contributed by atoms with E-state index in [1.165, 1.54) is 4.68 Å². The van der Waals surface area contributed by atoms with Gasteiger partial charge < -0.3 is 15.2 Å². The van der Waals surface area contributed by atoms with Crippen molar-refractivity contribution < 1.29 is 19.1 Å². The van der Waals surface area contributed by atoms with E-state index in [1.807, 2.05) is 6.92 Å². The van der Waals surface area contributed by atoms with E-state index in [9.17, 15) is 9.59 Å². The van der Waals surface area contributed by atoms with Crippen LogP contribution in [0, 0.1) is 6.92 Å². The largest absolute Gasteiger partial charge is 0.460 e. The van der Waals surface area contributed by atoms with Crippen LogP contribution in [0.4, 0.5) is 5.69 Å². The lowest BCUT2D eigenvalue weighted by Gasteiger charge is -2.09. The van der Waals surface area contributed by atoms with Crippen LogP contribution in [0.1, 0.15) is 37.0 Å². The highest BCUT2D eigenvalue weighted by Gasteiger charge is 2.21. The van der Waals surface area contributed by atoms with Gasteiger partial charge in [0.1, 0.15) is 0 Å². The van der Waals surface area contributed by atoms with Gasteiger partial charge in [-0.2, -0.15) is 5.10 Å². The highest BCUT2D eigenvalue weighted by Crippen LogP contribution is 2.17. The van der Waals surface area contributed by atoms with Crippen molar-refractivity contribution in [2.75, 3.05) is 12.3 Å². The third-order valence-corrected chi connectivity index (χ3v) is 2.35. The lowest BCUT2D eigenvalue weighted by Crippen LogP contribution is -2.21. The highest BCUT2D eigenvalue weighted by atomic mass is 16.6. The molecule has 0 aliphatic rings. The first kappa shape index (κ1) is 15.0. The molecule has 19 heavy (non-hydrogen) atoms. The molecule has 0 amide bonds. The summed E-state index contributed by atoms with van der Waals surface area (Å²) in [6.07, 6.45) is -0.250. The van der Waals surface area contributed by atoms with Gasteiger partial charge >= 0.3 is 11.9 Å². The fraction of sp³-hybridized carbons (Fsp3) is 0.583. The maximum atomic E-state index is 11.9. The van der Waals surface area contributed by atoms with Gasteiger partial charge in [-0.05, 0) is 27.7 Å². The number of nitrogens with two attached hydrogens (primary N) is 1. The van der Waals surface area contributed by atoms with Crippen molar-refractivity contribution in [1.82, 2.24) is 9.78 Å². The molecule has 0 spiro atoms. The van der Waals surface area contributed by atoms with Crippen molar-refractivity contribution in [3.8, 4) is 0 Å². The summed E-state index contributed by atoms with van der Waals surface area (Å²) in [6, 6.07) is 0. The molecule has 1 heterocycles. The molecule has 1 aromatic rings. The number of hydrogen-bond acceptors (Lipinski definition) is 6. The second-order valence-electron chi connectivity index (χ2n) is 4.28. The number of esters is 2. The van der Waals surface area contributed by atoms with Crippen LogP contribution in [-0.2, 0) is 20.8 Å². The van der Waals surface area contributed by atoms with E-state index in [2.05, 4.69) is 5.10 Å². The molecule has 0 saturated heterocycles. The lowest BCUT2D eigenvalue weighted by atomic mass is 10.3. The SMILES string of the molecule is CCn1nc(C)c(N)c1C(=O)OCC(=O)OC(C)C. The minimum absolute atomic E-state index is 0.164. The molecule has 0 aromatic carbocycles. The topological polar surface area (TPSA) is 96.4 Å². The first-order chi connectivity index (χ1) is 8.86. The Labute approximate surface area is 111 Å². The second-order valence-corrected chi connectivity index (χ2v) is 4.28. The van der Waals surface area contributed by atoms with Crippen LogP contribution in [0.15, 0.2) is 0 Å². The van der Waals surface area contributed by atoms with Gasteiger partial charge in [-0.3, -0.25) is 4.68 Å². The molecule has 0 atom stereocenters. The average molecular weight is 269 g/mol. The number of anilines is 1. The Morgan fingerprint density at radius 1 is 1.42 bits per heavy atom. The van der Waals surface area contributed by atoms with Crippen LogP contribution in [0.5, 0.6) is 0 Å². The Balaban J connectivity index is 2.71. The molecule has 0 fully saturated rings.